The van der Waals surface area contributed by atoms with E-state index >= 15 is 0 Å². The van der Waals surface area contributed by atoms with Crippen molar-refractivity contribution in [3.8, 4) is 11.3 Å². The Balaban J connectivity index is 1.90. The highest BCUT2D eigenvalue weighted by atomic mass is 35.5. The van der Waals surface area contributed by atoms with Crippen molar-refractivity contribution >= 4 is 34.0 Å². The highest BCUT2D eigenvalue weighted by Crippen LogP contribution is 2.27. The zero-order chi connectivity index (χ0) is 13.1. The van der Waals surface area contributed by atoms with E-state index in [1.807, 2.05) is 53.2 Å². The normalized spacial score (nSPS) is 11.7. The van der Waals surface area contributed by atoms with Crippen LogP contribution >= 0.6 is 22.9 Å². The van der Waals surface area contributed by atoms with Gasteiger partial charge in [0.1, 0.15) is 5.03 Å². The van der Waals surface area contributed by atoms with E-state index in [1.54, 1.807) is 17.5 Å². The third-order valence-corrected chi connectivity index (χ3v) is 3.58. The van der Waals surface area contributed by atoms with Gasteiger partial charge >= 0.3 is 0 Å². The lowest BCUT2D eigenvalue weighted by molar-refractivity contribution is 0.559. The molecule has 0 aliphatic carbocycles. The van der Waals surface area contributed by atoms with Crippen molar-refractivity contribution in [2.75, 3.05) is 0 Å². The second-order valence-corrected chi connectivity index (χ2v) is 5.13. The maximum absolute atomic E-state index is 6.21. The van der Waals surface area contributed by atoms with Gasteiger partial charge in [-0.25, -0.2) is 4.98 Å². The predicted molar refractivity (Wildman–Crippen MR) is 80.0 cm³/mol. The van der Waals surface area contributed by atoms with Crippen molar-refractivity contribution < 1.29 is 4.42 Å². The van der Waals surface area contributed by atoms with Gasteiger partial charge in [0.05, 0.1) is 6.20 Å². The molecule has 0 amide bonds. The molecular weight excluding hydrogens is 278 g/mol. The zero-order valence-corrected chi connectivity index (χ0v) is 11.5. The van der Waals surface area contributed by atoms with Gasteiger partial charge in [0, 0.05) is 5.56 Å². The molecule has 3 aromatic rings. The van der Waals surface area contributed by atoms with E-state index in [0.717, 1.165) is 11.1 Å². The summed E-state index contributed by atoms with van der Waals surface area (Å²) in [6.07, 6.45) is 3.53. The number of benzene rings is 1. The summed E-state index contributed by atoms with van der Waals surface area (Å²) in [5.74, 6) is 1.15. The molecule has 2 aromatic heterocycles. The van der Waals surface area contributed by atoms with Gasteiger partial charge in [-0.2, -0.15) is 11.3 Å². The molecule has 0 saturated heterocycles. The first-order valence-corrected chi connectivity index (χ1v) is 7.06. The standard InChI is InChI=1S/C15H10ClNOS/c16-13(8-11-6-7-19-10-11)15-17-9-14(18-15)12-4-2-1-3-5-12/h1-10H/b13-8-. The van der Waals surface area contributed by atoms with E-state index in [9.17, 15) is 0 Å². The molecule has 0 aliphatic heterocycles. The molecule has 2 heterocycles. The average molecular weight is 288 g/mol. The molecule has 1 aromatic carbocycles. The number of halogens is 1. The quantitative estimate of drug-likeness (QED) is 0.666. The van der Waals surface area contributed by atoms with Crippen LogP contribution in [-0.4, -0.2) is 4.98 Å². The van der Waals surface area contributed by atoms with Gasteiger partial charge in [-0.3, -0.25) is 0 Å². The summed E-state index contributed by atoms with van der Waals surface area (Å²) in [4.78, 5) is 4.21. The Morgan fingerprint density at radius 3 is 2.79 bits per heavy atom. The molecule has 3 rings (SSSR count). The number of rotatable bonds is 3. The molecule has 4 heteroatoms. The Morgan fingerprint density at radius 2 is 2.05 bits per heavy atom. The van der Waals surface area contributed by atoms with Crippen molar-refractivity contribution in [2.24, 2.45) is 0 Å². The van der Waals surface area contributed by atoms with Crippen LogP contribution in [0.3, 0.4) is 0 Å². The van der Waals surface area contributed by atoms with Gasteiger partial charge < -0.3 is 4.42 Å². The molecule has 0 radical (unpaired) electrons. The lowest BCUT2D eigenvalue weighted by Crippen LogP contribution is -1.74. The Bertz CT molecular complexity index is 686. The van der Waals surface area contributed by atoms with Gasteiger partial charge in [0.25, 0.3) is 0 Å². The van der Waals surface area contributed by atoms with Crippen LogP contribution < -0.4 is 0 Å². The summed E-state index contributed by atoms with van der Waals surface area (Å²) < 4.78 is 5.67. The Morgan fingerprint density at radius 1 is 1.21 bits per heavy atom. The van der Waals surface area contributed by atoms with Crippen LogP contribution in [0.5, 0.6) is 0 Å². The highest BCUT2D eigenvalue weighted by molar-refractivity contribution is 7.08. The van der Waals surface area contributed by atoms with Gasteiger partial charge in [-0.1, -0.05) is 41.9 Å². The van der Waals surface area contributed by atoms with E-state index in [1.165, 1.54) is 0 Å². The largest absolute Gasteiger partial charge is 0.435 e. The Hall–Kier alpha value is -1.84. The maximum atomic E-state index is 6.21. The summed E-state index contributed by atoms with van der Waals surface area (Å²) in [5, 5.41) is 4.52. The lowest BCUT2D eigenvalue weighted by Gasteiger charge is -1.94. The second-order valence-electron chi connectivity index (χ2n) is 3.94. The number of oxazole rings is 1. The molecule has 0 saturated carbocycles. The summed E-state index contributed by atoms with van der Waals surface area (Å²) in [5.41, 5.74) is 2.04. The van der Waals surface area contributed by atoms with Crippen LogP contribution in [0.1, 0.15) is 11.5 Å². The number of hydrogen-bond acceptors (Lipinski definition) is 3. The molecule has 0 atom stereocenters. The molecule has 94 valence electrons. The fourth-order valence-corrected chi connectivity index (χ4v) is 2.52. The van der Waals surface area contributed by atoms with Gasteiger partial charge in [0.15, 0.2) is 5.76 Å². The van der Waals surface area contributed by atoms with Crippen LogP contribution in [0.15, 0.2) is 57.8 Å². The first-order chi connectivity index (χ1) is 9.33. The first-order valence-electron chi connectivity index (χ1n) is 5.74. The molecule has 19 heavy (non-hydrogen) atoms. The minimum Gasteiger partial charge on any atom is -0.435 e. The van der Waals surface area contributed by atoms with Gasteiger partial charge in [0.2, 0.25) is 5.89 Å². The number of hydrogen-bond donors (Lipinski definition) is 0. The molecule has 0 spiro atoms. The number of thiophene rings is 1. The van der Waals surface area contributed by atoms with Crippen molar-refractivity contribution in [1.29, 1.82) is 0 Å². The zero-order valence-electron chi connectivity index (χ0n) is 9.92. The van der Waals surface area contributed by atoms with E-state index < -0.39 is 0 Å². The minimum atomic E-state index is 0.437. The monoisotopic (exact) mass is 287 g/mol. The van der Waals surface area contributed by atoms with E-state index in [-0.39, 0.29) is 0 Å². The maximum Gasteiger partial charge on any atom is 0.238 e. The fourth-order valence-electron chi connectivity index (χ4n) is 1.69. The topological polar surface area (TPSA) is 26.0 Å². The predicted octanol–water partition coefficient (Wildman–Crippen LogP) is 5.14. The minimum absolute atomic E-state index is 0.437. The first kappa shape index (κ1) is 12.2. The van der Waals surface area contributed by atoms with Gasteiger partial charge in [-0.15, -0.1) is 0 Å². The third-order valence-electron chi connectivity index (χ3n) is 2.60. The molecule has 0 unspecified atom stereocenters. The Labute approximate surface area is 120 Å². The van der Waals surface area contributed by atoms with Crippen LogP contribution in [0, 0.1) is 0 Å². The van der Waals surface area contributed by atoms with Crippen LogP contribution in [0.4, 0.5) is 0 Å². The van der Waals surface area contributed by atoms with Crippen molar-refractivity contribution in [1.82, 2.24) is 4.98 Å². The molecular formula is C15H10ClNOS. The van der Waals surface area contributed by atoms with Crippen molar-refractivity contribution in [3.05, 3.63) is 64.8 Å². The van der Waals surface area contributed by atoms with E-state index in [4.69, 9.17) is 16.0 Å². The fraction of sp³-hybridized carbons (Fsp3) is 0. The van der Waals surface area contributed by atoms with Crippen molar-refractivity contribution in [3.63, 3.8) is 0 Å². The SMILES string of the molecule is Cl/C(=C\c1ccsc1)c1ncc(-c2ccccc2)o1. The molecule has 0 fully saturated rings. The van der Waals surface area contributed by atoms with Crippen LogP contribution in [0.2, 0.25) is 0 Å². The number of aromatic nitrogens is 1. The molecule has 0 aliphatic rings. The molecule has 0 N–H and O–H groups in total. The Kier molecular flexibility index (Phi) is 3.49. The van der Waals surface area contributed by atoms with Crippen molar-refractivity contribution in [2.45, 2.75) is 0 Å². The smallest absolute Gasteiger partial charge is 0.238 e. The van der Waals surface area contributed by atoms with E-state index in [2.05, 4.69) is 4.98 Å². The highest BCUT2D eigenvalue weighted by Gasteiger charge is 2.09. The lowest BCUT2D eigenvalue weighted by atomic mass is 10.2. The van der Waals surface area contributed by atoms with Crippen LogP contribution in [0.25, 0.3) is 22.4 Å². The van der Waals surface area contributed by atoms with E-state index in [0.29, 0.717) is 16.7 Å². The summed E-state index contributed by atoms with van der Waals surface area (Å²) >= 11 is 7.83. The summed E-state index contributed by atoms with van der Waals surface area (Å²) in [6.45, 7) is 0. The average Bonchev–Trinajstić information content (AvgIpc) is 3.10. The van der Waals surface area contributed by atoms with Gasteiger partial charge in [-0.05, 0) is 28.5 Å². The third kappa shape index (κ3) is 2.78. The number of nitrogens with zero attached hydrogens (tertiary/aromatic N) is 1. The summed E-state index contributed by atoms with van der Waals surface area (Å²) in [6, 6.07) is 11.8. The van der Waals surface area contributed by atoms with Crippen LogP contribution in [-0.2, 0) is 0 Å². The molecule has 0 bridgehead atoms. The summed E-state index contributed by atoms with van der Waals surface area (Å²) in [7, 11) is 0. The molecule has 2 nitrogen and oxygen atoms in total. The second kappa shape index (κ2) is 5.43.